The maximum absolute atomic E-state index is 11.8. The highest BCUT2D eigenvalue weighted by molar-refractivity contribution is 14.0. The zero-order chi connectivity index (χ0) is 18.5. The van der Waals surface area contributed by atoms with E-state index in [1.54, 1.807) is 4.90 Å². The summed E-state index contributed by atoms with van der Waals surface area (Å²) >= 11 is 0. The zero-order valence-corrected chi connectivity index (χ0v) is 19.3. The van der Waals surface area contributed by atoms with Crippen LogP contribution < -0.4 is 10.6 Å². The number of piperidine rings is 1. The number of nitrogens with zero attached hydrogens (tertiary/aromatic N) is 3. The SMILES string of the molecule is CCCN(CC)CCN=C(NCC)NC1CCN(C(=O)OCC)CC1.I. The number of halogens is 1. The molecule has 0 unspecified atom stereocenters. The predicted octanol–water partition coefficient (Wildman–Crippen LogP) is 2.51. The molecule has 0 atom stereocenters. The van der Waals surface area contributed by atoms with Crippen LogP contribution in [-0.4, -0.2) is 80.3 Å². The molecule has 7 nitrogen and oxygen atoms in total. The molecule has 0 saturated carbocycles. The van der Waals surface area contributed by atoms with Crippen molar-refractivity contribution in [3.05, 3.63) is 0 Å². The number of amides is 1. The molecular weight excluding hydrogens is 445 g/mol. The molecule has 1 aliphatic heterocycles. The monoisotopic (exact) mass is 483 g/mol. The maximum Gasteiger partial charge on any atom is 0.409 e. The van der Waals surface area contributed by atoms with Gasteiger partial charge in [-0.3, -0.25) is 4.99 Å². The highest BCUT2D eigenvalue weighted by atomic mass is 127. The number of guanidine groups is 1. The van der Waals surface area contributed by atoms with Crippen molar-refractivity contribution < 1.29 is 9.53 Å². The van der Waals surface area contributed by atoms with Gasteiger partial charge in [-0.05, 0) is 46.2 Å². The van der Waals surface area contributed by atoms with Gasteiger partial charge in [0.15, 0.2) is 5.96 Å². The van der Waals surface area contributed by atoms with Crippen molar-refractivity contribution in [1.82, 2.24) is 20.4 Å². The fourth-order valence-electron chi connectivity index (χ4n) is 2.98. The molecule has 0 bridgehead atoms. The van der Waals surface area contributed by atoms with Crippen LogP contribution in [0, 0.1) is 0 Å². The van der Waals surface area contributed by atoms with Crippen LogP contribution in [0.5, 0.6) is 0 Å². The molecule has 8 heteroatoms. The zero-order valence-electron chi connectivity index (χ0n) is 16.9. The minimum atomic E-state index is -0.197. The molecule has 0 aromatic rings. The Bertz CT molecular complexity index is 401. The van der Waals surface area contributed by atoms with Gasteiger partial charge in [0.05, 0.1) is 13.2 Å². The van der Waals surface area contributed by atoms with Gasteiger partial charge in [-0.15, -0.1) is 24.0 Å². The summed E-state index contributed by atoms with van der Waals surface area (Å²) in [5, 5.41) is 6.84. The van der Waals surface area contributed by atoms with E-state index >= 15 is 0 Å². The van der Waals surface area contributed by atoms with Crippen molar-refractivity contribution >= 4 is 36.0 Å². The fourth-order valence-corrected chi connectivity index (χ4v) is 2.98. The average molecular weight is 483 g/mol. The number of hydrogen-bond acceptors (Lipinski definition) is 4. The van der Waals surface area contributed by atoms with Gasteiger partial charge in [0.25, 0.3) is 0 Å². The summed E-state index contributed by atoms with van der Waals surface area (Å²) in [6.07, 6.45) is 2.81. The number of aliphatic imine (C=N–C) groups is 1. The van der Waals surface area contributed by atoms with Crippen molar-refractivity contribution in [1.29, 1.82) is 0 Å². The van der Waals surface area contributed by atoms with Crippen LogP contribution in [0.4, 0.5) is 4.79 Å². The minimum absolute atomic E-state index is 0. The number of carbonyl (C=O) groups is 1. The largest absolute Gasteiger partial charge is 0.450 e. The Balaban J connectivity index is 0.00000625. The number of likely N-dealkylation sites (N-methyl/N-ethyl adjacent to an activating group) is 1. The first-order chi connectivity index (χ1) is 12.1. The van der Waals surface area contributed by atoms with E-state index in [1.807, 2.05) is 6.92 Å². The van der Waals surface area contributed by atoms with Gasteiger partial charge >= 0.3 is 6.09 Å². The third-order valence-electron chi connectivity index (χ3n) is 4.38. The lowest BCUT2D eigenvalue weighted by molar-refractivity contribution is 0.0963. The van der Waals surface area contributed by atoms with Crippen LogP contribution >= 0.6 is 24.0 Å². The van der Waals surface area contributed by atoms with Crippen LogP contribution in [-0.2, 0) is 4.74 Å². The van der Waals surface area contributed by atoms with Gasteiger partial charge in [-0.2, -0.15) is 0 Å². The molecule has 1 rings (SSSR count). The summed E-state index contributed by atoms with van der Waals surface area (Å²) in [5.41, 5.74) is 0. The van der Waals surface area contributed by atoms with Gasteiger partial charge in [-0.1, -0.05) is 13.8 Å². The highest BCUT2D eigenvalue weighted by Gasteiger charge is 2.23. The average Bonchev–Trinajstić information content (AvgIpc) is 2.62. The number of carbonyl (C=O) groups excluding carboxylic acids is 1. The van der Waals surface area contributed by atoms with E-state index < -0.39 is 0 Å². The van der Waals surface area contributed by atoms with Crippen molar-refractivity contribution in [3.63, 3.8) is 0 Å². The molecule has 154 valence electrons. The van der Waals surface area contributed by atoms with E-state index in [0.717, 1.165) is 64.6 Å². The van der Waals surface area contributed by atoms with Crippen molar-refractivity contribution in [2.75, 3.05) is 52.4 Å². The quantitative estimate of drug-likeness (QED) is 0.300. The molecule has 1 amide bonds. The predicted molar refractivity (Wildman–Crippen MR) is 119 cm³/mol. The van der Waals surface area contributed by atoms with E-state index in [2.05, 4.69) is 36.3 Å². The summed E-state index contributed by atoms with van der Waals surface area (Å²) in [4.78, 5) is 20.7. The molecule has 2 N–H and O–H groups in total. The van der Waals surface area contributed by atoms with Gasteiger partial charge in [0.1, 0.15) is 0 Å². The molecule has 0 aromatic carbocycles. The topological polar surface area (TPSA) is 69.2 Å². The van der Waals surface area contributed by atoms with Crippen LogP contribution in [0.2, 0.25) is 0 Å². The van der Waals surface area contributed by atoms with Crippen molar-refractivity contribution in [3.8, 4) is 0 Å². The van der Waals surface area contributed by atoms with E-state index in [4.69, 9.17) is 9.73 Å². The third kappa shape index (κ3) is 9.80. The standard InChI is InChI=1S/C18H37N5O2.HI/c1-5-12-22(7-3)15-11-20-17(19-6-2)21-16-9-13-23(14-10-16)18(24)25-8-4;/h16H,5-15H2,1-4H3,(H2,19,20,21);1H. The first kappa shape index (κ1) is 25.2. The molecule has 0 aliphatic carbocycles. The van der Waals surface area contributed by atoms with Gasteiger partial charge in [0.2, 0.25) is 0 Å². The first-order valence-electron chi connectivity index (χ1n) is 9.83. The second-order valence-electron chi connectivity index (χ2n) is 6.30. The molecule has 1 aliphatic rings. The number of hydrogen-bond donors (Lipinski definition) is 2. The van der Waals surface area contributed by atoms with Crippen LogP contribution in [0.3, 0.4) is 0 Å². The Hall–Kier alpha value is -0.770. The van der Waals surface area contributed by atoms with E-state index in [9.17, 15) is 4.79 Å². The summed E-state index contributed by atoms with van der Waals surface area (Å²) < 4.78 is 5.07. The lowest BCUT2D eigenvalue weighted by Crippen LogP contribution is -2.50. The Labute approximate surface area is 176 Å². The molecule has 1 heterocycles. The number of likely N-dealkylation sites (tertiary alicyclic amines) is 1. The summed E-state index contributed by atoms with van der Waals surface area (Å²) in [6.45, 7) is 15.0. The summed E-state index contributed by atoms with van der Waals surface area (Å²) in [5.74, 6) is 0.879. The Morgan fingerprint density at radius 2 is 1.88 bits per heavy atom. The molecule has 1 saturated heterocycles. The number of nitrogens with one attached hydrogen (secondary N) is 2. The smallest absolute Gasteiger partial charge is 0.409 e. The van der Waals surface area contributed by atoms with Crippen LogP contribution in [0.15, 0.2) is 4.99 Å². The van der Waals surface area contributed by atoms with Crippen molar-refractivity contribution in [2.45, 2.75) is 53.0 Å². The second kappa shape index (κ2) is 15.3. The van der Waals surface area contributed by atoms with Gasteiger partial charge in [0, 0.05) is 32.2 Å². The lowest BCUT2D eigenvalue weighted by Gasteiger charge is -2.32. The van der Waals surface area contributed by atoms with Crippen LogP contribution in [0.1, 0.15) is 47.0 Å². The number of ether oxygens (including phenoxy) is 1. The third-order valence-corrected chi connectivity index (χ3v) is 4.38. The molecule has 0 spiro atoms. The van der Waals surface area contributed by atoms with E-state index in [0.29, 0.717) is 12.6 Å². The first-order valence-corrected chi connectivity index (χ1v) is 9.83. The molecule has 1 fully saturated rings. The van der Waals surface area contributed by atoms with E-state index in [-0.39, 0.29) is 30.1 Å². The summed E-state index contributed by atoms with van der Waals surface area (Å²) in [7, 11) is 0. The lowest BCUT2D eigenvalue weighted by atomic mass is 10.1. The molecular formula is C18H38IN5O2. The molecule has 0 aromatic heterocycles. The Morgan fingerprint density at radius 1 is 1.19 bits per heavy atom. The Kier molecular flexibility index (Phi) is 14.9. The van der Waals surface area contributed by atoms with Gasteiger partial charge < -0.3 is 25.2 Å². The molecule has 26 heavy (non-hydrogen) atoms. The fraction of sp³-hybridized carbons (Fsp3) is 0.889. The van der Waals surface area contributed by atoms with Gasteiger partial charge in [-0.25, -0.2) is 4.79 Å². The second-order valence-corrected chi connectivity index (χ2v) is 6.30. The minimum Gasteiger partial charge on any atom is -0.450 e. The molecule has 0 radical (unpaired) electrons. The van der Waals surface area contributed by atoms with E-state index in [1.165, 1.54) is 6.42 Å². The highest BCUT2D eigenvalue weighted by Crippen LogP contribution is 2.11. The summed E-state index contributed by atoms with van der Waals surface area (Å²) in [6, 6.07) is 0.349. The van der Waals surface area contributed by atoms with Crippen molar-refractivity contribution in [2.24, 2.45) is 4.99 Å². The van der Waals surface area contributed by atoms with Crippen LogP contribution in [0.25, 0.3) is 0 Å². The Morgan fingerprint density at radius 3 is 2.42 bits per heavy atom. The maximum atomic E-state index is 11.8. The number of rotatable bonds is 9. The normalized spacial score (nSPS) is 15.6.